The molecule has 3 aromatic rings. The molecule has 1 amide bonds. The number of hydrogen-bond acceptors (Lipinski definition) is 3. The van der Waals surface area contributed by atoms with Crippen LogP contribution in [0.3, 0.4) is 0 Å². The van der Waals surface area contributed by atoms with Crippen molar-refractivity contribution in [3.05, 3.63) is 65.9 Å². The largest absolute Gasteiger partial charge is 0.324 e. The van der Waals surface area contributed by atoms with Gasteiger partial charge in [-0.1, -0.05) is 0 Å². The van der Waals surface area contributed by atoms with Crippen molar-refractivity contribution in [1.29, 1.82) is 0 Å². The van der Waals surface area contributed by atoms with Gasteiger partial charge in [0.15, 0.2) is 5.13 Å². The number of anilines is 1. The Morgan fingerprint density at radius 1 is 1.16 bits per heavy atom. The SMILES string of the molecule is O=C(Nc1nccs1)c1ccc(-n2cccc2)cc1. The van der Waals surface area contributed by atoms with Crippen LogP contribution in [0.4, 0.5) is 5.13 Å². The molecule has 4 nitrogen and oxygen atoms in total. The van der Waals surface area contributed by atoms with E-state index < -0.39 is 0 Å². The zero-order chi connectivity index (χ0) is 13.1. The second-order valence-electron chi connectivity index (χ2n) is 3.93. The molecule has 19 heavy (non-hydrogen) atoms. The summed E-state index contributed by atoms with van der Waals surface area (Å²) in [7, 11) is 0. The average molecular weight is 269 g/mol. The van der Waals surface area contributed by atoms with Crippen molar-refractivity contribution >= 4 is 22.4 Å². The van der Waals surface area contributed by atoms with Crippen LogP contribution in [0.2, 0.25) is 0 Å². The fraction of sp³-hybridized carbons (Fsp3) is 0. The monoisotopic (exact) mass is 269 g/mol. The van der Waals surface area contributed by atoms with Crippen LogP contribution in [0.15, 0.2) is 60.4 Å². The highest BCUT2D eigenvalue weighted by atomic mass is 32.1. The molecule has 5 heteroatoms. The van der Waals surface area contributed by atoms with Gasteiger partial charge in [-0.3, -0.25) is 10.1 Å². The van der Waals surface area contributed by atoms with Crippen molar-refractivity contribution in [2.45, 2.75) is 0 Å². The number of benzene rings is 1. The molecule has 3 rings (SSSR count). The van der Waals surface area contributed by atoms with E-state index in [-0.39, 0.29) is 5.91 Å². The van der Waals surface area contributed by atoms with Crippen molar-refractivity contribution in [3.63, 3.8) is 0 Å². The van der Waals surface area contributed by atoms with Gasteiger partial charge in [0.25, 0.3) is 5.91 Å². The third kappa shape index (κ3) is 2.56. The molecule has 0 aliphatic rings. The van der Waals surface area contributed by atoms with Crippen LogP contribution >= 0.6 is 11.3 Å². The highest BCUT2D eigenvalue weighted by Gasteiger charge is 2.07. The van der Waals surface area contributed by atoms with Crippen LogP contribution in [0.5, 0.6) is 0 Å². The topological polar surface area (TPSA) is 46.9 Å². The van der Waals surface area contributed by atoms with Gasteiger partial charge in [0.05, 0.1) is 0 Å². The lowest BCUT2D eigenvalue weighted by Gasteiger charge is -2.05. The summed E-state index contributed by atoms with van der Waals surface area (Å²) in [5, 5.41) is 5.19. The van der Waals surface area contributed by atoms with Crippen LogP contribution in [0, 0.1) is 0 Å². The van der Waals surface area contributed by atoms with E-state index in [0.717, 1.165) is 5.69 Å². The van der Waals surface area contributed by atoms with Gasteiger partial charge in [0.1, 0.15) is 0 Å². The fourth-order valence-corrected chi connectivity index (χ4v) is 2.27. The Bertz CT molecular complexity index is 657. The predicted molar refractivity (Wildman–Crippen MR) is 75.8 cm³/mol. The number of carbonyl (C=O) groups is 1. The van der Waals surface area contributed by atoms with Gasteiger partial charge in [-0.05, 0) is 36.4 Å². The minimum absolute atomic E-state index is 0.144. The minimum Gasteiger partial charge on any atom is -0.324 e. The van der Waals surface area contributed by atoms with E-state index in [1.54, 1.807) is 18.3 Å². The molecule has 1 aromatic carbocycles. The van der Waals surface area contributed by atoms with Gasteiger partial charge in [-0.2, -0.15) is 0 Å². The summed E-state index contributed by atoms with van der Waals surface area (Å²) in [6, 6.07) is 11.4. The quantitative estimate of drug-likeness (QED) is 0.793. The normalized spacial score (nSPS) is 10.3. The van der Waals surface area contributed by atoms with E-state index in [9.17, 15) is 4.79 Å². The number of nitrogens with zero attached hydrogens (tertiary/aromatic N) is 2. The molecule has 0 saturated carbocycles. The van der Waals surface area contributed by atoms with Crippen molar-refractivity contribution in [1.82, 2.24) is 9.55 Å². The molecule has 0 unspecified atom stereocenters. The Hall–Kier alpha value is -2.40. The first-order chi connectivity index (χ1) is 9.33. The van der Waals surface area contributed by atoms with Gasteiger partial charge >= 0.3 is 0 Å². The minimum atomic E-state index is -0.144. The number of carbonyl (C=O) groups excluding carboxylic acids is 1. The maximum absolute atomic E-state index is 12.0. The summed E-state index contributed by atoms with van der Waals surface area (Å²) in [5.41, 5.74) is 1.64. The molecule has 2 aromatic heterocycles. The van der Waals surface area contributed by atoms with Crippen molar-refractivity contribution in [2.75, 3.05) is 5.32 Å². The summed E-state index contributed by atoms with van der Waals surface area (Å²) in [6.07, 6.45) is 5.59. The number of thiazole rings is 1. The lowest BCUT2D eigenvalue weighted by Crippen LogP contribution is -2.11. The molecule has 94 valence electrons. The molecule has 0 atom stereocenters. The Morgan fingerprint density at radius 3 is 2.53 bits per heavy atom. The summed E-state index contributed by atoms with van der Waals surface area (Å²) < 4.78 is 1.99. The van der Waals surface area contributed by atoms with E-state index >= 15 is 0 Å². The van der Waals surface area contributed by atoms with Gasteiger partial charge in [0.2, 0.25) is 0 Å². The Labute approximate surface area is 114 Å². The van der Waals surface area contributed by atoms with Gasteiger partial charge in [-0.25, -0.2) is 4.98 Å². The van der Waals surface area contributed by atoms with Crippen molar-refractivity contribution in [2.24, 2.45) is 0 Å². The molecule has 0 fully saturated rings. The van der Waals surface area contributed by atoms with E-state index in [1.165, 1.54) is 11.3 Å². The maximum Gasteiger partial charge on any atom is 0.257 e. The lowest BCUT2D eigenvalue weighted by atomic mass is 10.2. The summed E-state index contributed by atoms with van der Waals surface area (Å²) in [6.45, 7) is 0. The third-order valence-electron chi connectivity index (χ3n) is 2.68. The van der Waals surface area contributed by atoms with Crippen LogP contribution in [-0.4, -0.2) is 15.5 Å². The number of nitrogens with one attached hydrogen (secondary N) is 1. The van der Waals surface area contributed by atoms with Crippen molar-refractivity contribution < 1.29 is 4.79 Å². The second kappa shape index (κ2) is 5.07. The zero-order valence-electron chi connectivity index (χ0n) is 9.98. The van der Waals surface area contributed by atoms with Gasteiger partial charge < -0.3 is 4.57 Å². The Balaban J connectivity index is 1.77. The molecular weight excluding hydrogens is 258 g/mol. The highest BCUT2D eigenvalue weighted by molar-refractivity contribution is 7.13. The summed E-state index contributed by atoms with van der Waals surface area (Å²) >= 11 is 1.40. The molecule has 0 aliphatic heterocycles. The van der Waals surface area contributed by atoms with E-state index in [2.05, 4.69) is 10.3 Å². The van der Waals surface area contributed by atoms with Crippen LogP contribution in [0.1, 0.15) is 10.4 Å². The number of aromatic nitrogens is 2. The first-order valence-electron chi connectivity index (χ1n) is 5.77. The number of amides is 1. The van der Waals surface area contributed by atoms with E-state index in [0.29, 0.717) is 10.7 Å². The highest BCUT2D eigenvalue weighted by Crippen LogP contribution is 2.14. The molecule has 0 bridgehead atoms. The van der Waals surface area contributed by atoms with Crippen LogP contribution in [-0.2, 0) is 0 Å². The van der Waals surface area contributed by atoms with Crippen LogP contribution < -0.4 is 5.32 Å². The zero-order valence-corrected chi connectivity index (χ0v) is 10.8. The second-order valence-corrected chi connectivity index (χ2v) is 4.82. The van der Waals surface area contributed by atoms with Crippen LogP contribution in [0.25, 0.3) is 5.69 Å². The molecule has 2 heterocycles. The molecule has 1 N–H and O–H groups in total. The van der Waals surface area contributed by atoms with E-state index in [1.807, 2.05) is 46.6 Å². The third-order valence-corrected chi connectivity index (χ3v) is 3.37. The Kier molecular flexibility index (Phi) is 3.12. The van der Waals surface area contributed by atoms with E-state index in [4.69, 9.17) is 0 Å². The smallest absolute Gasteiger partial charge is 0.257 e. The van der Waals surface area contributed by atoms with Gasteiger partial charge in [0, 0.05) is 35.2 Å². The maximum atomic E-state index is 12.0. The summed E-state index contributed by atoms with van der Waals surface area (Å²) in [5.74, 6) is -0.144. The fourth-order valence-electron chi connectivity index (χ4n) is 1.75. The molecule has 0 radical (unpaired) electrons. The first kappa shape index (κ1) is 11.7. The lowest BCUT2D eigenvalue weighted by molar-refractivity contribution is 0.102. The summed E-state index contributed by atoms with van der Waals surface area (Å²) in [4.78, 5) is 16.0. The number of hydrogen-bond donors (Lipinski definition) is 1. The molecule has 0 saturated heterocycles. The standard InChI is InChI=1S/C14H11N3OS/c18-13(16-14-15-7-10-19-14)11-3-5-12(6-4-11)17-8-1-2-9-17/h1-10H,(H,15,16,18). The number of rotatable bonds is 3. The van der Waals surface area contributed by atoms with Crippen molar-refractivity contribution in [3.8, 4) is 5.69 Å². The van der Waals surface area contributed by atoms with Gasteiger partial charge in [-0.15, -0.1) is 11.3 Å². The first-order valence-corrected chi connectivity index (χ1v) is 6.65. The molecular formula is C14H11N3OS. The Morgan fingerprint density at radius 2 is 1.89 bits per heavy atom. The predicted octanol–water partition coefficient (Wildman–Crippen LogP) is 3.19. The average Bonchev–Trinajstić information content (AvgIpc) is 3.12. The molecule has 0 aliphatic carbocycles. The molecule has 0 spiro atoms.